The summed E-state index contributed by atoms with van der Waals surface area (Å²) < 4.78 is 23.0. The van der Waals surface area contributed by atoms with Crippen LogP contribution in [0.2, 0.25) is 0 Å². The number of hydrogen-bond donors (Lipinski definition) is 4. The number of hydrogen-bond acceptors (Lipinski definition) is 9. The first-order valence-electron chi connectivity index (χ1n) is 15.7. The molecule has 0 aliphatic carbocycles. The number of amides is 1. The number of aliphatic hydroxyl groups excluding tert-OH is 1. The van der Waals surface area contributed by atoms with Crippen molar-refractivity contribution in [3.63, 3.8) is 0 Å². The molecule has 45 heavy (non-hydrogen) atoms. The predicted octanol–water partition coefficient (Wildman–Crippen LogP) is 4.35. The molecule has 242 valence electrons. The lowest BCUT2D eigenvalue weighted by Crippen LogP contribution is -2.50. The van der Waals surface area contributed by atoms with E-state index in [1.54, 1.807) is 0 Å². The third-order valence-corrected chi connectivity index (χ3v) is 8.23. The molecule has 1 amide bonds. The molecule has 5 rings (SSSR count). The lowest BCUT2D eigenvalue weighted by atomic mass is 10.00. The quantitative estimate of drug-likeness (QED) is 0.194. The number of nitrogens with two attached hydrogens (primary N) is 2. The van der Waals surface area contributed by atoms with Crippen molar-refractivity contribution in [3.05, 3.63) is 89.5 Å². The Morgan fingerprint density at radius 1 is 0.933 bits per heavy atom. The Kier molecular flexibility index (Phi) is 11.2. The summed E-state index contributed by atoms with van der Waals surface area (Å²) in [7, 11) is 0. The summed E-state index contributed by atoms with van der Waals surface area (Å²) >= 11 is 0. The Labute approximate surface area is 265 Å². The maximum Gasteiger partial charge on any atom is 0.407 e. The summed E-state index contributed by atoms with van der Waals surface area (Å²) in [4.78, 5) is 15.4. The molecule has 10 nitrogen and oxygen atoms in total. The molecule has 0 spiro atoms. The van der Waals surface area contributed by atoms with E-state index in [1.807, 2.05) is 72.8 Å². The van der Waals surface area contributed by atoms with Crippen molar-refractivity contribution in [2.75, 3.05) is 37.8 Å². The van der Waals surface area contributed by atoms with Gasteiger partial charge in [-0.25, -0.2) is 4.79 Å². The first kappa shape index (κ1) is 32.6. The Hall–Kier alpha value is -3.83. The van der Waals surface area contributed by atoms with Crippen LogP contribution in [0.15, 0.2) is 72.8 Å². The van der Waals surface area contributed by atoms with Gasteiger partial charge in [0, 0.05) is 31.0 Å². The minimum Gasteiger partial charge on any atom is -0.489 e. The molecule has 2 saturated heterocycles. The van der Waals surface area contributed by atoms with E-state index in [0.29, 0.717) is 56.6 Å². The summed E-state index contributed by atoms with van der Waals surface area (Å²) in [5, 5.41) is 14.6. The van der Waals surface area contributed by atoms with Crippen LogP contribution >= 0.6 is 0 Å². The Bertz CT molecular complexity index is 1350. The second-order valence-electron chi connectivity index (χ2n) is 12.5. The van der Waals surface area contributed by atoms with Crippen molar-refractivity contribution in [2.24, 2.45) is 11.8 Å². The van der Waals surface area contributed by atoms with Gasteiger partial charge in [0.1, 0.15) is 18.5 Å². The standard InChI is InChI=1S/C35H46N4O6/c1-23(2)18-39(19-25-3-9-27(36)10-4-25)20-32(40)31(38-35(41)45-33-22-44-34-30(33)15-16-42-34)17-24-7-13-29(14-8-24)43-21-26-5-11-28(37)12-6-26/h3-14,23,30-34,40H,15-22,36-37H2,1-2H3,(H,38,41)/t30-,31-,32+,33+,34+/m0/s1. The molecule has 0 aromatic heterocycles. The van der Waals surface area contributed by atoms with Gasteiger partial charge in [-0.3, -0.25) is 4.90 Å². The first-order valence-corrected chi connectivity index (χ1v) is 15.7. The number of nitrogen functional groups attached to an aromatic ring is 2. The molecule has 2 fully saturated rings. The molecule has 2 aliphatic rings. The van der Waals surface area contributed by atoms with Crippen LogP contribution in [-0.2, 0) is 33.8 Å². The normalized spacial score (nSPS) is 20.6. The highest BCUT2D eigenvalue weighted by Crippen LogP contribution is 2.33. The van der Waals surface area contributed by atoms with Crippen molar-refractivity contribution in [1.29, 1.82) is 0 Å². The Balaban J connectivity index is 1.25. The third kappa shape index (κ3) is 9.58. The largest absolute Gasteiger partial charge is 0.489 e. The van der Waals surface area contributed by atoms with Gasteiger partial charge in [0.05, 0.1) is 31.3 Å². The Morgan fingerprint density at radius 3 is 2.24 bits per heavy atom. The molecular formula is C35H46N4O6. The molecule has 6 N–H and O–H groups in total. The van der Waals surface area contributed by atoms with E-state index in [0.717, 1.165) is 35.4 Å². The van der Waals surface area contributed by atoms with E-state index in [-0.39, 0.29) is 18.3 Å². The maximum atomic E-state index is 13.2. The topological polar surface area (TPSA) is 142 Å². The zero-order chi connectivity index (χ0) is 31.8. The summed E-state index contributed by atoms with van der Waals surface area (Å²) in [5.41, 5.74) is 16.2. The molecule has 10 heteroatoms. The highest BCUT2D eigenvalue weighted by Gasteiger charge is 2.44. The third-order valence-electron chi connectivity index (χ3n) is 8.23. The van der Waals surface area contributed by atoms with Crippen LogP contribution in [0.3, 0.4) is 0 Å². The van der Waals surface area contributed by atoms with Crippen LogP contribution in [0.1, 0.15) is 37.0 Å². The van der Waals surface area contributed by atoms with Gasteiger partial charge < -0.3 is 40.8 Å². The second-order valence-corrected chi connectivity index (χ2v) is 12.5. The Morgan fingerprint density at radius 2 is 1.58 bits per heavy atom. The highest BCUT2D eigenvalue weighted by atomic mass is 16.7. The van der Waals surface area contributed by atoms with Gasteiger partial charge in [-0.1, -0.05) is 50.2 Å². The van der Waals surface area contributed by atoms with Gasteiger partial charge in [0.2, 0.25) is 0 Å². The predicted molar refractivity (Wildman–Crippen MR) is 173 cm³/mol. The van der Waals surface area contributed by atoms with E-state index >= 15 is 0 Å². The van der Waals surface area contributed by atoms with E-state index in [9.17, 15) is 9.90 Å². The van der Waals surface area contributed by atoms with Crippen LogP contribution in [0.25, 0.3) is 0 Å². The molecule has 0 unspecified atom stereocenters. The lowest BCUT2D eigenvalue weighted by Gasteiger charge is -2.31. The van der Waals surface area contributed by atoms with Crippen molar-refractivity contribution in [2.45, 2.75) is 64.4 Å². The fourth-order valence-electron chi connectivity index (χ4n) is 5.90. The van der Waals surface area contributed by atoms with Crippen LogP contribution in [0.4, 0.5) is 16.2 Å². The first-order chi connectivity index (χ1) is 21.7. The number of carbonyl (C=O) groups excluding carboxylic acids is 1. The number of anilines is 2. The number of benzene rings is 3. The SMILES string of the molecule is CC(C)CN(Cc1ccc(N)cc1)C[C@@H](O)[C@H](Cc1ccc(OCc2ccc(N)cc2)cc1)NC(=O)O[C@@H]1CO[C@H]2OCC[C@H]21. The average Bonchev–Trinajstić information content (AvgIpc) is 3.63. The fourth-order valence-corrected chi connectivity index (χ4v) is 5.90. The van der Waals surface area contributed by atoms with Crippen molar-refractivity contribution >= 4 is 17.5 Å². The summed E-state index contributed by atoms with van der Waals surface area (Å²) in [6, 6.07) is 22.5. The number of carbonyl (C=O) groups is 1. The molecular weight excluding hydrogens is 572 g/mol. The van der Waals surface area contributed by atoms with Crippen LogP contribution in [0, 0.1) is 11.8 Å². The molecule has 2 heterocycles. The van der Waals surface area contributed by atoms with Gasteiger partial charge in [-0.15, -0.1) is 0 Å². The van der Waals surface area contributed by atoms with E-state index in [2.05, 4.69) is 24.1 Å². The minimum atomic E-state index is -0.867. The number of nitrogens with one attached hydrogen (secondary N) is 1. The van der Waals surface area contributed by atoms with Crippen molar-refractivity contribution in [3.8, 4) is 5.75 Å². The maximum absolute atomic E-state index is 13.2. The fraction of sp³-hybridized carbons (Fsp3) is 0.457. The molecule has 2 aliphatic heterocycles. The molecule has 5 atom stereocenters. The number of rotatable bonds is 14. The monoisotopic (exact) mass is 618 g/mol. The molecule has 0 bridgehead atoms. The lowest BCUT2D eigenvalue weighted by molar-refractivity contribution is -0.0907. The van der Waals surface area contributed by atoms with Gasteiger partial charge in [0.15, 0.2) is 6.29 Å². The zero-order valence-electron chi connectivity index (χ0n) is 26.1. The van der Waals surface area contributed by atoms with Gasteiger partial charge >= 0.3 is 6.09 Å². The highest BCUT2D eigenvalue weighted by molar-refractivity contribution is 5.68. The van der Waals surface area contributed by atoms with E-state index in [1.165, 1.54) is 0 Å². The summed E-state index contributed by atoms with van der Waals surface area (Å²) in [6.07, 6.45) is -0.941. The van der Waals surface area contributed by atoms with Gasteiger partial charge in [-0.2, -0.15) is 0 Å². The molecule has 0 radical (unpaired) electrons. The van der Waals surface area contributed by atoms with Crippen molar-refractivity contribution < 1.29 is 28.8 Å². The minimum absolute atomic E-state index is 0.0290. The second kappa shape index (κ2) is 15.4. The van der Waals surface area contributed by atoms with Gasteiger partial charge in [-0.05, 0) is 71.8 Å². The van der Waals surface area contributed by atoms with E-state index in [4.69, 9.17) is 30.4 Å². The smallest absolute Gasteiger partial charge is 0.407 e. The average molecular weight is 619 g/mol. The van der Waals surface area contributed by atoms with Crippen molar-refractivity contribution in [1.82, 2.24) is 10.2 Å². The number of alkyl carbamates (subject to hydrolysis) is 1. The number of ether oxygens (including phenoxy) is 4. The van der Waals surface area contributed by atoms with Crippen LogP contribution in [-0.4, -0.2) is 66.9 Å². The van der Waals surface area contributed by atoms with Gasteiger partial charge in [0.25, 0.3) is 0 Å². The number of nitrogens with zero attached hydrogens (tertiary/aromatic N) is 1. The number of fused-ring (bicyclic) bond motifs is 1. The zero-order valence-corrected chi connectivity index (χ0v) is 26.1. The molecule has 3 aromatic carbocycles. The molecule has 3 aromatic rings. The number of aliphatic hydroxyl groups is 1. The van der Waals surface area contributed by atoms with Crippen LogP contribution in [0.5, 0.6) is 5.75 Å². The summed E-state index contributed by atoms with van der Waals surface area (Å²) in [5.74, 6) is 1.13. The van der Waals surface area contributed by atoms with Crippen LogP contribution < -0.4 is 21.5 Å². The summed E-state index contributed by atoms with van der Waals surface area (Å²) in [6.45, 7) is 7.41. The molecule has 0 saturated carbocycles. The van der Waals surface area contributed by atoms with E-state index < -0.39 is 18.2 Å².